The van der Waals surface area contributed by atoms with Gasteiger partial charge in [-0.1, -0.05) is 12.2 Å². The van der Waals surface area contributed by atoms with E-state index in [0.29, 0.717) is 60.2 Å². The van der Waals surface area contributed by atoms with Gasteiger partial charge in [0.05, 0.1) is 0 Å². The van der Waals surface area contributed by atoms with Gasteiger partial charge in [0.2, 0.25) is 0 Å². The number of aliphatic carboxylic acids is 2. The SMILES string of the molecule is O=C(O)C[C@H]1C[C@H]2[C@H]3C[C@@H](CC(=O)O)[C@H]4[C@@H]3C3C5[C@@H](C=C[C@H]54)[C@H]1[C@H]32. The van der Waals surface area contributed by atoms with Gasteiger partial charge in [-0.15, -0.1) is 0 Å². The minimum atomic E-state index is -0.639. The summed E-state index contributed by atoms with van der Waals surface area (Å²) in [5, 5.41) is 18.7. The summed E-state index contributed by atoms with van der Waals surface area (Å²) in [7, 11) is 0. The maximum absolute atomic E-state index is 11.4. The fraction of sp³-hybridized carbons (Fsp3) is 0.800. The van der Waals surface area contributed by atoms with Crippen molar-refractivity contribution < 1.29 is 19.8 Å². The van der Waals surface area contributed by atoms with E-state index < -0.39 is 11.9 Å². The highest BCUT2D eigenvalue weighted by molar-refractivity contribution is 5.67. The molecule has 0 aromatic rings. The Hall–Kier alpha value is -1.32. The van der Waals surface area contributed by atoms with Gasteiger partial charge in [-0.05, 0) is 83.9 Å². The van der Waals surface area contributed by atoms with Crippen LogP contribution in [-0.2, 0) is 9.59 Å². The van der Waals surface area contributed by atoms with Crippen molar-refractivity contribution in [2.24, 2.45) is 71.0 Å². The second kappa shape index (κ2) is 4.25. The summed E-state index contributed by atoms with van der Waals surface area (Å²) >= 11 is 0. The first-order valence-electron chi connectivity index (χ1n) is 9.68. The molecule has 0 spiro atoms. The molecule has 128 valence electrons. The van der Waals surface area contributed by atoms with Crippen molar-refractivity contribution in [3.63, 3.8) is 0 Å². The van der Waals surface area contributed by atoms with Crippen LogP contribution in [0.4, 0.5) is 0 Å². The number of allylic oxidation sites excluding steroid dienone is 2. The van der Waals surface area contributed by atoms with Gasteiger partial charge in [0.25, 0.3) is 0 Å². The first-order chi connectivity index (χ1) is 11.6. The zero-order valence-electron chi connectivity index (χ0n) is 13.6. The number of carbonyl (C=O) groups is 2. The molecule has 5 fully saturated rings. The average molecular weight is 328 g/mol. The van der Waals surface area contributed by atoms with Crippen molar-refractivity contribution in [1.82, 2.24) is 0 Å². The lowest BCUT2D eigenvalue weighted by Gasteiger charge is -2.27. The summed E-state index contributed by atoms with van der Waals surface area (Å²) in [6.07, 6.45) is 7.69. The van der Waals surface area contributed by atoms with Gasteiger partial charge in [-0.3, -0.25) is 9.59 Å². The molecule has 0 aromatic carbocycles. The van der Waals surface area contributed by atoms with Crippen molar-refractivity contribution in [3.8, 4) is 0 Å². The molecule has 24 heavy (non-hydrogen) atoms. The van der Waals surface area contributed by atoms with E-state index in [4.69, 9.17) is 0 Å². The fourth-order valence-corrected chi connectivity index (χ4v) is 9.38. The molecule has 6 aliphatic rings. The minimum absolute atomic E-state index is 0.339. The standard InChI is InChI=1S/C20H24O4/c21-13(22)5-7-3-11-12-4-8(6-14(23)24)16-10-2-1-9-15(7)18(11)20(17(9)10)19(12)16/h1-2,7-12,15-20H,3-6H2,(H,21,22)(H,23,24)/t7-,8+,9-,10-,11+,12-,15+,16-,17?,18+,19+,20?/m0/s1. The van der Waals surface area contributed by atoms with Crippen LogP contribution in [0.2, 0.25) is 0 Å². The molecule has 5 saturated carbocycles. The van der Waals surface area contributed by atoms with Gasteiger partial charge in [-0.25, -0.2) is 0 Å². The minimum Gasteiger partial charge on any atom is -0.481 e. The first-order valence-corrected chi connectivity index (χ1v) is 9.68. The molecule has 0 heterocycles. The van der Waals surface area contributed by atoms with Gasteiger partial charge >= 0.3 is 11.9 Å². The summed E-state index contributed by atoms with van der Waals surface area (Å²) in [5.74, 6) is 6.21. The van der Waals surface area contributed by atoms with Crippen molar-refractivity contribution >= 4 is 11.9 Å². The van der Waals surface area contributed by atoms with Crippen LogP contribution >= 0.6 is 0 Å². The maximum Gasteiger partial charge on any atom is 0.303 e. The first kappa shape index (κ1) is 13.9. The van der Waals surface area contributed by atoms with E-state index in [9.17, 15) is 19.8 Å². The molecule has 0 amide bonds. The van der Waals surface area contributed by atoms with Crippen molar-refractivity contribution in [1.29, 1.82) is 0 Å². The quantitative estimate of drug-likeness (QED) is 0.778. The third kappa shape index (κ3) is 1.40. The average Bonchev–Trinajstić information content (AvgIpc) is 3.19. The van der Waals surface area contributed by atoms with Gasteiger partial charge in [0, 0.05) is 12.8 Å². The molecule has 0 aromatic heterocycles. The zero-order chi connectivity index (χ0) is 16.3. The Morgan fingerprint density at radius 1 is 0.708 bits per heavy atom. The molecule has 0 bridgehead atoms. The number of carboxylic acids is 2. The van der Waals surface area contributed by atoms with E-state index in [-0.39, 0.29) is 0 Å². The molecule has 4 nitrogen and oxygen atoms in total. The Labute approximate surface area is 141 Å². The van der Waals surface area contributed by atoms with Crippen molar-refractivity contribution in [2.45, 2.75) is 25.7 Å². The molecule has 4 heteroatoms. The molecule has 6 aliphatic carbocycles. The highest BCUT2D eigenvalue weighted by Crippen LogP contribution is 2.80. The zero-order valence-corrected chi connectivity index (χ0v) is 13.6. The third-order valence-electron chi connectivity index (χ3n) is 9.21. The van der Waals surface area contributed by atoms with Crippen LogP contribution < -0.4 is 0 Å². The lowest BCUT2D eigenvalue weighted by Crippen LogP contribution is -2.25. The number of hydrogen-bond donors (Lipinski definition) is 2. The van der Waals surface area contributed by atoms with Crippen LogP contribution in [0.3, 0.4) is 0 Å². The highest BCUT2D eigenvalue weighted by Gasteiger charge is 2.76. The van der Waals surface area contributed by atoms with E-state index in [1.54, 1.807) is 0 Å². The Kier molecular flexibility index (Phi) is 2.47. The largest absolute Gasteiger partial charge is 0.481 e. The lowest BCUT2D eigenvalue weighted by atomic mass is 9.77. The van der Waals surface area contributed by atoms with Gasteiger partial charge in [-0.2, -0.15) is 0 Å². The molecule has 0 aliphatic heterocycles. The highest BCUT2D eigenvalue weighted by atomic mass is 16.4. The Morgan fingerprint density at radius 2 is 1.17 bits per heavy atom. The number of hydrogen-bond acceptors (Lipinski definition) is 2. The Morgan fingerprint density at radius 3 is 1.58 bits per heavy atom. The monoisotopic (exact) mass is 328 g/mol. The molecule has 12 atom stereocenters. The summed E-state index contributed by atoms with van der Waals surface area (Å²) in [5.41, 5.74) is 0. The fourth-order valence-electron chi connectivity index (χ4n) is 9.38. The summed E-state index contributed by atoms with van der Waals surface area (Å²) in [4.78, 5) is 22.7. The molecule has 0 radical (unpaired) electrons. The van der Waals surface area contributed by atoms with E-state index in [1.807, 2.05) is 0 Å². The second-order valence-corrected chi connectivity index (χ2v) is 9.52. The van der Waals surface area contributed by atoms with Crippen molar-refractivity contribution in [3.05, 3.63) is 12.2 Å². The van der Waals surface area contributed by atoms with Gasteiger partial charge < -0.3 is 10.2 Å². The molecular weight excluding hydrogens is 304 g/mol. The molecular formula is C20H24O4. The second-order valence-electron chi connectivity index (χ2n) is 9.52. The van der Waals surface area contributed by atoms with Crippen LogP contribution in [0.1, 0.15) is 25.7 Å². The predicted octanol–water partition coefficient (Wildman–Crippen LogP) is 2.75. The van der Waals surface area contributed by atoms with Crippen LogP contribution in [0.25, 0.3) is 0 Å². The predicted molar refractivity (Wildman–Crippen MR) is 84.8 cm³/mol. The molecule has 2 unspecified atom stereocenters. The number of carboxylic acid groups (broad SMARTS) is 2. The van der Waals surface area contributed by atoms with E-state index in [1.165, 1.54) is 0 Å². The summed E-state index contributed by atoms with van der Waals surface area (Å²) < 4.78 is 0. The normalized spacial score (nSPS) is 60.2. The number of rotatable bonds is 4. The van der Waals surface area contributed by atoms with Crippen LogP contribution in [0.5, 0.6) is 0 Å². The Bertz CT molecular complexity index is 615. The maximum atomic E-state index is 11.4. The third-order valence-corrected chi connectivity index (χ3v) is 9.21. The summed E-state index contributed by atoms with van der Waals surface area (Å²) in [6, 6.07) is 0. The van der Waals surface area contributed by atoms with Crippen LogP contribution in [-0.4, -0.2) is 22.2 Å². The Balaban J connectivity index is 1.41. The van der Waals surface area contributed by atoms with Crippen molar-refractivity contribution in [2.75, 3.05) is 0 Å². The topological polar surface area (TPSA) is 74.6 Å². The van der Waals surface area contributed by atoms with Crippen LogP contribution in [0.15, 0.2) is 12.2 Å². The molecule has 6 rings (SSSR count). The van der Waals surface area contributed by atoms with Gasteiger partial charge in [0.1, 0.15) is 0 Å². The molecule has 0 saturated heterocycles. The molecule has 2 N–H and O–H groups in total. The van der Waals surface area contributed by atoms with Gasteiger partial charge in [0.15, 0.2) is 0 Å². The van der Waals surface area contributed by atoms with E-state index in [0.717, 1.165) is 36.5 Å². The number of fused-ring (bicyclic) bond motifs is 3. The van der Waals surface area contributed by atoms with E-state index >= 15 is 0 Å². The lowest BCUT2D eigenvalue weighted by molar-refractivity contribution is -0.139. The summed E-state index contributed by atoms with van der Waals surface area (Å²) in [6.45, 7) is 0. The smallest absolute Gasteiger partial charge is 0.303 e. The van der Waals surface area contributed by atoms with E-state index in [2.05, 4.69) is 12.2 Å². The van der Waals surface area contributed by atoms with Crippen LogP contribution in [0, 0.1) is 71.0 Å².